The van der Waals surface area contributed by atoms with Crippen LogP contribution in [0.15, 0.2) is 51.7 Å². The first-order valence-corrected chi connectivity index (χ1v) is 10.2. The molecular weight excluding hydrogens is 364 g/mol. The van der Waals surface area contributed by atoms with E-state index < -0.39 is 22.4 Å². The lowest BCUT2D eigenvalue weighted by atomic mass is 10.0. The molecule has 0 unspecified atom stereocenters. The molecular formula is C21H20O5S. The molecule has 2 aromatic carbocycles. The number of rotatable bonds is 5. The van der Waals surface area contributed by atoms with Gasteiger partial charge >= 0.3 is 11.6 Å². The Labute approximate surface area is 159 Å². The highest BCUT2D eigenvalue weighted by atomic mass is 32.2. The minimum absolute atomic E-state index is 0.0344. The standard InChI is InChI=1S/C21H20O5S/c1-13-7-8-18-17(10-19(22)26-20(18)14(13)2)11-25-21(23)16-6-4-5-15(9-16)12-27(3)24/h4-10H,11-12H2,1-3H3/t27-/m0/s1. The average Bonchev–Trinajstić information content (AvgIpc) is 2.62. The van der Waals surface area contributed by atoms with E-state index in [0.29, 0.717) is 22.5 Å². The van der Waals surface area contributed by atoms with Crippen LogP contribution in [0.1, 0.15) is 32.6 Å². The predicted molar refractivity (Wildman–Crippen MR) is 105 cm³/mol. The quantitative estimate of drug-likeness (QED) is 0.496. The van der Waals surface area contributed by atoms with Gasteiger partial charge in [0.2, 0.25) is 0 Å². The van der Waals surface area contributed by atoms with Crippen LogP contribution >= 0.6 is 0 Å². The zero-order valence-corrected chi connectivity index (χ0v) is 16.2. The lowest BCUT2D eigenvalue weighted by molar-refractivity contribution is 0.0473. The zero-order chi connectivity index (χ0) is 19.6. The maximum absolute atomic E-state index is 12.4. The van der Waals surface area contributed by atoms with Crippen LogP contribution in [0.5, 0.6) is 0 Å². The average molecular weight is 384 g/mol. The van der Waals surface area contributed by atoms with Gasteiger partial charge in [0, 0.05) is 39.8 Å². The largest absolute Gasteiger partial charge is 0.457 e. The Hall–Kier alpha value is -2.73. The zero-order valence-electron chi connectivity index (χ0n) is 15.4. The van der Waals surface area contributed by atoms with Crippen LogP contribution in [0.4, 0.5) is 0 Å². The van der Waals surface area contributed by atoms with Gasteiger partial charge in [-0.2, -0.15) is 0 Å². The van der Waals surface area contributed by atoms with E-state index >= 15 is 0 Å². The van der Waals surface area contributed by atoms with E-state index in [9.17, 15) is 13.8 Å². The molecule has 1 heterocycles. The van der Waals surface area contributed by atoms with Crippen LogP contribution in [0.2, 0.25) is 0 Å². The maximum Gasteiger partial charge on any atom is 0.338 e. The number of hydrogen-bond acceptors (Lipinski definition) is 5. The van der Waals surface area contributed by atoms with Crippen molar-refractivity contribution in [3.05, 3.63) is 80.7 Å². The number of fused-ring (bicyclic) bond motifs is 1. The fourth-order valence-electron chi connectivity index (χ4n) is 2.89. The van der Waals surface area contributed by atoms with Crippen LogP contribution in [-0.4, -0.2) is 16.4 Å². The molecule has 0 aliphatic rings. The molecule has 0 aliphatic carbocycles. The molecule has 0 N–H and O–H groups in total. The first-order valence-electron chi connectivity index (χ1n) is 8.44. The van der Waals surface area contributed by atoms with Crippen LogP contribution in [0.25, 0.3) is 11.0 Å². The van der Waals surface area contributed by atoms with Crippen LogP contribution in [-0.2, 0) is 27.9 Å². The highest BCUT2D eigenvalue weighted by Gasteiger charge is 2.13. The summed E-state index contributed by atoms with van der Waals surface area (Å²) in [7, 11) is -0.991. The second kappa shape index (κ2) is 7.88. The first-order chi connectivity index (χ1) is 12.8. The van der Waals surface area contributed by atoms with E-state index in [0.717, 1.165) is 22.1 Å². The summed E-state index contributed by atoms with van der Waals surface area (Å²) >= 11 is 0. The van der Waals surface area contributed by atoms with Crippen molar-refractivity contribution in [3.63, 3.8) is 0 Å². The summed E-state index contributed by atoms with van der Waals surface area (Å²) in [6.07, 6.45) is 1.61. The second-order valence-corrected chi connectivity index (χ2v) is 7.90. The molecule has 0 saturated carbocycles. The number of carbonyl (C=O) groups is 1. The summed E-state index contributed by atoms with van der Waals surface area (Å²) in [5, 5.41) is 0.751. The van der Waals surface area contributed by atoms with Gasteiger partial charge in [-0.15, -0.1) is 0 Å². The highest BCUT2D eigenvalue weighted by Crippen LogP contribution is 2.24. The third-order valence-corrected chi connectivity index (χ3v) is 5.15. The predicted octanol–water partition coefficient (Wildman–Crippen LogP) is 3.65. The molecule has 0 bridgehead atoms. The second-order valence-electron chi connectivity index (χ2n) is 6.47. The third-order valence-electron chi connectivity index (χ3n) is 4.41. The number of benzene rings is 2. The highest BCUT2D eigenvalue weighted by molar-refractivity contribution is 7.83. The van der Waals surface area contributed by atoms with Gasteiger partial charge in [0.15, 0.2) is 0 Å². The summed E-state index contributed by atoms with van der Waals surface area (Å²) in [6, 6.07) is 12.0. The van der Waals surface area contributed by atoms with E-state index in [1.54, 1.807) is 24.5 Å². The van der Waals surface area contributed by atoms with Gasteiger partial charge in [-0.05, 0) is 42.7 Å². The van der Waals surface area contributed by atoms with Crippen molar-refractivity contribution in [1.29, 1.82) is 0 Å². The fourth-order valence-corrected chi connectivity index (χ4v) is 3.54. The molecule has 1 aromatic heterocycles. The molecule has 3 rings (SSSR count). The van der Waals surface area contributed by atoms with Crippen molar-refractivity contribution in [3.8, 4) is 0 Å². The van der Waals surface area contributed by atoms with E-state index in [1.807, 2.05) is 32.0 Å². The van der Waals surface area contributed by atoms with E-state index in [4.69, 9.17) is 9.15 Å². The van der Waals surface area contributed by atoms with Gasteiger partial charge in [0.25, 0.3) is 0 Å². The number of carbonyl (C=O) groups excluding carboxylic acids is 1. The Kier molecular flexibility index (Phi) is 5.56. The van der Waals surface area contributed by atoms with E-state index in [1.165, 1.54) is 6.07 Å². The monoisotopic (exact) mass is 384 g/mol. The van der Waals surface area contributed by atoms with Gasteiger partial charge in [0.05, 0.1) is 5.56 Å². The van der Waals surface area contributed by atoms with Crippen molar-refractivity contribution in [2.24, 2.45) is 0 Å². The van der Waals surface area contributed by atoms with Gasteiger partial charge in [0.1, 0.15) is 12.2 Å². The molecule has 0 fully saturated rings. The summed E-state index contributed by atoms with van der Waals surface area (Å²) < 4.78 is 22.1. The third kappa shape index (κ3) is 4.34. The minimum Gasteiger partial charge on any atom is -0.457 e. The first kappa shape index (κ1) is 19.0. The number of ether oxygens (including phenoxy) is 1. The Balaban J connectivity index is 1.85. The minimum atomic E-state index is -0.991. The lowest BCUT2D eigenvalue weighted by Crippen LogP contribution is -2.09. The molecule has 0 aliphatic heterocycles. The molecule has 6 heteroatoms. The normalized spacial score (nSPS) is 12.1. The smallest absolute Gasteiger partial charge is 0.338 e. The topological polar surface area (TPSA) is 73.6 Å². The van der Waals surface area contributed by atoms with Crippen LogP contribution in [0, 0.1) is 13.8 Å². The SMILES string of the molecule is Cc1ccc2c(COC(=O)c3cccc(C[S@](C)=O)c3)cc(=O)oc2c1C. The van der Waals surface area contributed by atoms with Crippen molar-refractivity contribution in [1.82, 2.24) is 0 Å². The Morgan fingerprint density at radius 2 is 1.93 bits per heavy atom. The number of esters is 1. The lowest BCUT2D eigenvalue weighted by Gasteiger charge is -2.10. The molecule has 5 nitrogen and oxygen atoms in total. The Morgan fingerprint density at radius 3 is 2.67 bits per heavy atom. The van der Waals surface area contributed by atoms with Gasteiger partial charge in [-0.1, -0.05) is 24.3 Å². The van der Waals surface area contributed by atoms with E-state index in [2.05, 4.69) is 0 Å². The van der Waals surface area contributed by atoms with Gasteiger partial charge in [-0.3, -0.25) is 4.21 Å². The number of aryl methyl sites for hydroxylation is 2. The molecule has 0 saturated heterocycles. The molecule has 1 atom stereocenters. The van der Waals surface area contributed by atoms with Crippen molar-refractivity contribution in [2.75, 3.05) is 6.26 Å². The molecule has 0 spiro atoms. The summed E-state index contributed by atoms with van der Waals surface area (Å²) in [4.78, 5) is 24.3. The van der Waals surface area contributed by atoms with E-state index in [-0.39, 0.29) is 6.61 Å². The molecule has 3 aromatic rings. The Bertz CT molecular complexity index is 1100. The van der Waals surface area contributed by atoms with Crippen molar-refractivity contribution >= 4 is 27.7 Å². The van der Waals surface area contributed by atoms with Crippen molar-refractivity contribution in [2.45, 2.75) is 26.2 Å². The number of hydrogen-bond donors (Lipinski definition) is 0. The van der Waals surface area contributed by atoms with Gasteiger partial charge < -0.3 is 9.15 Å². The van der Waals surface area contributed by atoms with Crippen LogP contribution < -0.4 is 5.63 Å². The molecule has 27 heavy (non-hydrogen) atoms. The molecule has 0 radical (unpaired) electrons. The van der Waals surface area contributed by atoms with Crippen molar-refractivity contribution < 1.29 is 18.2 Å². The van der Waals surface area contributed by atoms with Gasteiger partial charge in [-0.25, -0.2) is 9.59 Å². The fraction of sp³-hybridized carbons (Fsp3) is 0.238. The molecule has 140 valence electrons. The van der Waals surface area contributed by atoms with Crippen LogP contribution in [0.3, 0.4) is 0 Å². The Morgan fingerprint density at radius 1 is 1.15 bits per heavy atom. The maximum atomic E-state index is 12.4. The summed E-state index contributed by atoms with van der Waals surface area (Å²) in [5.74, 6) is -0.117. The molecule has 0 amide bonds. The summed E-state index contributed by atoms with van der Waals surface area (Å²) in [5.41, 5.74) is 3.74. The summed E-state index contributed by atoms with van der Waals surface area (Å²) in [6.45, 7) is 3.80.